The lowest BCUT2D eigenvalue weighted by atomic mass is 10.1. The molecule has 2 heterocycles. The highest BCUT2D eigenvalue weighted by atomic mass is 32.1. The summed E-state index contributed by atoms with van der Waals surface area (Å²) >= 11 is 1.56. The molecule has 2 aromatic heterocycles. The molecule has 5 heteroatoms. The third-order valence-electron chi connectivity index (χ3n) is 5.27. The molecule has 4 nitrogen and oxygen atoms in total. The van der Waals surface area contributed by atoms with Gasteiger partial charge in [0.2, 0.25) is 0 Å². The van der Waals surface area contributed by atoms with E-state index < -0.39 is 0 Å². The van der Waals surface area contributed by atoms with Gasteiger partial charge < -0.3 is 4.90 Å². The first-order valence-corrected chi connectivity index (χ1v) is 10.2. The fourth-order valence-electron chi connectivity index (χ4n) is 4.03. The molecule has 0 radical (unpaired) electrons. The van der Waals surface area contributed by atoms with E-state index in [4.69, 9.17) is 0 Å². The monoisotopic (exact) mass is 367 g/mol. The van der Waals surface area contributed by atoms with Gasteiger partial charge in [0.25, 0.3) is 5.91 Å². The topological polar surface area (TPSA) is 38.1 Å². The molecule has 0 bridgehead atoms. The van der Waals surface area contributed by atoms with Crippen molar-refractivity contribution >= 4 is 27.5 Å². The summed E-state index contributed by atoms with van der Waals surface area (Å²) in [5.74, 6) is 0.173. The van der Waals surface area contributed by atoms with Crippen LogP contribution < -0.4 is 0 Å². The van der Waals surface area contributed by atoms with Crippen molar-refractivity contribution in [2.45, 2.75) is 58.5 Å². The zero-order chi connectivity index (χ0) is 18.3. The second-order valence-electron chi connectivity index (χ2n) is 7.41. The lowest BCUT2D eigenvalue weighted by Crippen LogP contribution is -2.43. The molecule has 1 aliphatic rings. The fraction of sp³-hybridized carbons (Fsp3) is 0.429. The van der Waals surface area contributed by atoms with Crippen LogP contribution >= 0.6 is 11.3 Å². The fourth-order valence-corrected chi connectivity index (χ4v) is 5.16. The minimum atomic E-state index is 0.173. The number of amides is 1. The quantitative estimate of drug-likeness (QED) is 0.636. The molecule has 1 aliphatic carbocycles. The van der Waals surface area contributed by atoms with Crippen LogP contribution in [0.2, 0.25) is 0 Å². The van der Waals surface area contributed by atoms with Gasteiger partial charge in [0.05, 0.1) is 16.3 Å². The van der Waals surface area contributed by atoms with E-state index in [1.807, 2.05) is 48.0 Å². The van der Waals surface area contributed by atoms with Crippen LogP contribution in [-0.2, 0) is 0 Å². The second kappa shape index (κ2) is 6.88. The van der Waals surface area contributed by atoms with E-state index >= 15 is 0 Å². The number of nitrogens with zero attached hydrogens (tertiary/aromatic N) is 3. The molecule has 1 amide bonds. The average Bonchev–Trinajstić information content (AvgIpc) is 3.34. The smallest absolute Gasteiger partial charge is 0.264 e. The second-order valence-corrected chi connectivity index (χ2v) is 8.44. The van der Waals surface area contributed by atoms with Gasteiger partial charge in [-0.25, -0.2) is 4.68 Å². The molecular weight excluding hydrogens is 342 g/mol. The van der Waals surface area contributed by atoms with E-state index in [-0.39, 0.29) is 11.9 Å². The summed E-state index contributed by atoms with van der Waals surface area (Å²) < 4.78 is 1.96. The molecule has 0 unspecified atom stereocenters. The number of aryl methyl sites for hydroxylation is 1. The third-order valence-corrected chi connectivity index (χ3v) is 6.36. The molecule has 0 N–H and O–H groups in total. The number of aromatic nitrogens is 2. The predicted molar refractivity (Wildman–Crippen MR) is 107 cm³/mol. The Bertz CT molecular complexity index is 920. The summed E-state index contributed by atoms with van der Waals surface area (Å²) in [6, 6.07) is 12.8. The van der Waals surface area contributed by atoms with Crippen molar-refractivity contribution < 1.29 is 4.79 Å². The Balaban J connectivity index is 1.74. The maximum absolute atomic E-state index is 13.3. The Morgan fingerprint density at radius 3 is 2.58 bits per heavy atom. The lowest BCUT2D eigenvalue weighted by molar-refractivity contribution is 0.0618. The van der Waals surface area contributed by atoms with Crippen molar-refractivity contribution in [3.8, 4) is 5.69 Å². The van der Waals surface area contributed by atoms with E-state index in [0.717, 1.165) is 39.3 Å². The Morgan fingerprint density at radius 2 is 1.92 bits per heavy atom. The molecule has 4 rings (SSSR count). The van der Waals surface area contributed by atoms with Crippen molar-refractivity contribution in [3.05, 3.63) is 47.0 Å². The van der Waals surface area contributed by atoms with Gasteiger partial charge in [0.15, 0.2) is 0 Å². The minimum absolute atomic E-state index is 0.173. The molecule has 1 fully saturated rings. The highest BCUT2D eigenvalue weighted by molar-refractivity contribution is 7.20. The first-order chi connectivity index (χ1) is 12.6. The van der Waals surface area contributed by atoms with Crippen LogP contribution in [-0.4, -0.2) is 32.7 Å². The maximum Gasteiger partial charge on any atom is 0.264 e. The van der Waals surface area contributed by atoms with Gasteiger partial charge in [-0.2, -0.15) is 5.10 Å². The Labute approximate surface area is 158 Å². The van der Waals surface area contributed by atoms with E-state index in [2.05, 4.69) is 23.8 Å². The highest BCUT2D eigenvalue weighted by Crippen LogP contribution is 2.33. The molecule has 0 aliphatic heterocycles. The number of carbonyl (C=O) groups excluding carboxylic acids is 1. The van der Waals surface area contributed by atoms with Gasteiger partial charge >= 0.3 is 0 Å². The Hall–Kier alpha value is -2.14. The number of thiophene rings is 1. The molecule has 1 aromatic carbocycles. The van der Waals surface area contributed by atoms with Crippen molar-refractivity contribution in [2.24, 2.45) is 0 Å². The first kappa shape index (κ1) is 17.3. The largest absolute Gasteiger partial charge is 0.333 e. The number of hydrogen-bond donors (Lipinski definition) is 0. The summed E-state index contributed by atoms with van der Waals surface area (Å²) in [5.41, 5.74) is 2.00. The summed E-state index contributed by atoms with van der Waals surface area (Å²) in [6.07, 6.45) is 4.72. The number of rotatable bonds is 4. The van der Waals surface area contributed by atoms with Gasteiger partial charge in [-0.05, 0) is 51.8 Å². The molecule has 136 valence electrons. The lowest BCUT2D eigenvalue weighted by Gasteiger charge is -2.32. The van der Waals surface area contributed by atoms with Crippen LogP contribution in [0.3, 0.4) is 0 Å². The third kappa shape index (κ3) is 2.94. The van der Waals surface area contributed by atoms with E-state index in [0.29, 0.717) is 6.04 Å². The summed E-state index contributed by atoms with van der Waals surface area (Å²) in [7, 11) is 0. The zero-order valence-corrected chi connectivity index (χ0v) is 16.4. The van der Waals surface area contributed by atoms with E-state index in [1.165, 1.54) is 12.8 Å². The van der Waals surface area contributed by atoms with E-state index in [9.17, 15) is 4.79 Å². The predicted octanol–water partition coefficient (Wildman–Crippen LogP) is 5.19. The van der Waals surface area contributed by atoms with Crippen molar-refractivity contribution in [1.29, 1.82) is 0 Å². The summed E-state index contributed by atoms with van der Waals surface area (Å²) in [4.78, 5) is 17.3. The van der Waals surface area contributed by atoms with Gasteiger partial charge in [0, 0.05) is 17.5 Å². The molecular formula is C21H25N3OS. The van der Waals surface area contributed by atoms with Crippen LogP contribution in [0.1, 0.15) is 54.9 Å². The standard InChI is InChI=1S/C21H25N3OS/c1-14(2)23(16-9-7-8-10-16)20(25)19-13-18-15(3)22-24(21(18)26-19)17-11-5-4-6-12-17/h4-6,11-14,16H,7-10H2,1-3H3. The van der Waals surface area contributed by atoms with E-state index in [1.54, 1.807) is 11.3 Å². The SMILES string of the molecule is Cc1nn(-c2ccccc2)c2sc(C(=O)N(C(C)C)C3CCCC3)cc12. The maximum atomic E-state index is 13.3. The normalized spacial score (nSPS) is 15.2. The highest BCUT2D eigenvalue weighted by Gasteiger charge is 2.30. The molecule has 1 saturated carbocycles. The number of carbonyl (C=O) groups is 1. The summed E-state index contributed by atoms with van der Waals surface area (Å²) in [5, 5.41) is 5.76. The first-order valence-electron chi connectivity index (χ1n) is 9.43. The number of para-hydroxylation sites is 1. The average molecular weight is 368 g/mol. The zero-order valence-electron chi connectivity index (χ0n) is 15.6. The molecule has 3 aromatic rings. The van der Waals surface area contributed by atoms with Crippen molar-refractivity contribution in [1.82, 2.24) is 14.7 Å². The molecule has 0 atom stereocenters. The number of fused-ring (bicyclic) bond motifs is 1. The van der Waals surface area contributed by atoms with Crippen LogP contribution in [0.15, 0.2) is 36.4 Å². The molecule has 26 heavy (non-hydrogen) atoms. The van der Waals surface area contributed by atoms with Crippen LogP contribution in [0, 0.1) is 6.92 Å². The Morgan fingerprint density at radius 1 is 1.23 bits per heavy atom. The van der Waals surface area contributed by atoms with Crippen molar-refractivity contribution in [3.63, 3.8) is 0 Å². The molecule has 0 saturated heterocycles. The van der Waals surface area contributed by atoms with Crippen molar-refractivity contribution in [2.75, 3.05) is 0 Å². The van der Waals surface area contributed by atoms with Gasteiger partial charge in [0.1, 0.15) is 4.83 Å². The van der Waals surface area contributed by atoms with Gasteiger partial charge in [-0.1, -0.05) is 31.0 Å². The van der Waals surface area contributed by atoms with Crippen LogP contribution in [0.5, 0.6) is 0 Å². The van der Waals surface area contributed by atoms with Gasteiger partial charge in [-0.3, -0.25) is 4.79 Å². The Kier molecular flexibility index (Phi) is 4.57. The number of hydrogen-bond acceptors (Lipinski definition) is 3. The molecule has 0 spiro atoms. The minimum Gasteiger partial charge on any atom is -0.333 e. The van der Waals surface area contributed by atoms with Crippen LogP contribution in [0.25, 0.3) is 15.9 Å². The van der Waals surface area contributed by atoms with Crippen LogP contribution in [0.4, 0.5) is 0 Å². The number of benzene rings is 1. The summed E-state index contributed by atoms with van der Waals surface area (Å²) in [6.45, 7) is 6.26. The van der Waals surface area contributed by atoms with Gasteiger partial charge in [-0.15, -0.1) is 11.3 Å².